The highest BCUT2D eigenvalue weighted by molar-refractivity contribution is 7.18. The summed E-state index contributed by atoms with van der Waals surface area (Å²) >= 11 is 1.72. The normalized spacial score (nSPS) is 17.0. The van der Waals surface area contributed by atoms with Crippen molar-refractivity contribution in [2.75, 3.05) is 12.8 Å². The molecule has 0 amide bonds. The van der Waals surface area contributed by atoms with Crippen molar-refractivity contribution in [3.63, 3.8) is 0 Å². The Morgan fingerprint density at radius 2 is 1.90 bits per heavy atom. The van der Waals surface area contributed by atoms with E-state index in [4.69, 9.17) is 10.7 Å². The Labute approximate surface area is 130 Å². The maximum Gasteiger partial charge on any atom is 0.146 e. The molecule has 4 nitrogen and oxygen atoms in total. The molecule has 1 fully saturated rings. The molecular weight excluding hydrogens is 280 g/mol. The molecule has 0 aromatic carbocycles. The van der Waals surface area contributed by atoms with Gasteiger partial charge in [-0.15, -0.1) is 11.3 Å². The van der Waals surface area contributed by atoms with E-state index in [0.717, 1.165) is 22.6 Å². The van der Waals surface area contributed by atoms with Crippen molar-refractivity contribution in [3.05, 3.63) is 16.3 Å². The molecule has 2 aromatic rings. The maximum atomic E-state index is 6.16. The van der Waals surface area contributed by atoms with Crippen LogP contribution in [0.4, 0.5) is 5.82 Å². The van der Waals surface area contributed by atoms with Gasteiger partial charge in [-0.25, -0.2) is 9.97 Å². The number of aryl methyl sites for hydroxylation is 2. The fourth-order valence-corrected chi connectivity index (χ4v) is 4.33. The van der Waals surface area contributed by atoms with Crippen LogP contribution in [0.1, 0.15) is 48.4 Å². The second-order valence-corrected chi connectivity index (χ2v) is 7.40. The van der Waals surface area contributed by atoms with Gasteiger partial charge in [0, 0.05) is 10.9 Å². The standard InChI is InChI=1S/C16H24N4S/c1-10-11(2)21-16-14(10)15(17)18-13(19-16)9-20(3)12-7-5-4-6-8-12/h12H,4-9H2,1-3H3,(H2,17,18,19). The number of anilines is 1. The van der Waals surface area contributed by atoms with Crippen LogP contribution in [0.25, 0.3) is 10.2 Å². The summed E-state index contributed by atoms with van der Waals surface area (Å²) in [5.74, 6) is 1.49. The van der Waals surface area contributed by atoms with Gasteiger partial charge in [-0.3, -0.25) is 4.90 Å². The number of hydrogen-bond acceptors (Lipinski definition) is 5. The van der Waals surface area contributed by atoms with Gasteiger partial charge in [-0.2, -0.15) is 0 Å². The van der Waals surface area contributed by atoms with Crippen LogP contribution >= 0.6 is 11.3 Å². The topological polar surface area (TPSA) is 55.0 Å². The van der Waals surface area contributed by atoms with E-state index in [2.05, 4.69) is 30.8 Å². The number of fused-ring (bicyclic) bond motifs is 1. The average molecular weight is 304 g/mol. The molecule has 0 radical (unpaired) electrons. The Balaban J connectivity index is 1.83. The van der Waals surface area contributed by atoms with E-state index in [-0.39, 0.29) is 0 Å². The molecule has 0 aliphatic heterocycles. The SMILES string of the molecule is Cc1sc2nc(CN(C)C3CCCCC3)nc(N)c2c1C. The summed E-state index contributed by atoms with van der Waals surface area (Å²) in [6.07, 6.45) is 6.67. The highest BCUT2D eigenvalue weighted by Gasteiger charge is 2.20. The third-order valence-corrected chi connectivity index (χ3v) is 5.79. The van der Waals surface area contributed by atoms with E-state index in [0.29, 0.717) is 11.9 Å². The minimum absolute atomic E-state index is 0.633. The Morgan fingerprint density at radius 1 is 1.19 bits per heavy atom. The van der Waals surface area contributed by atoms with Crippen molar-refractivity contribution in [1.82, 2.24) is 14.9 Å². The zero-order chi connectivity index (χ0) is 15.0. The highest BCUT2D eigenvalue weighted by Crippen LogP contribution is 2.32. The largest absolute Gasteiger partial charge is 0.383 e. The van der Waals surface area contributed by atoms with Gasteiger partial charge < -0.3 is 5.73 Å². The molecule has 2 heterocycles. The summed E-state index contributed by atoms with van der Waals surface area (Å²) in [4.78, 5) is 14.0. The summed E-state index contributed by atoms with van der Waals surface area (Å²) in [6.45, 7) is 5.01. The van der Waals surface area contributed by atoms with Gasteiger partial charge in [0.25, 0.3) is 0 Å². The number of thiophene rings is 1. The predicted octanol–water partition coefficient (Wildman–Crippen LogP) is 3.65. The van der Waals surface area contributed by atoms with E-state index in [1.54, 1.807) is 11.3 Å². The quantitative estimate of drug-likeness (QED) is 0.940. The number of rotatable bonds is 3. The van der Waals surface area contributed by atoms with Crippen molar-refractivity contribution in [2.24, 2.45) is 0 Å². The summed E-state index contributed by atoms with van der Waals surface area (Å²) in [5, 5.41) is 1.04. The Morgan fingerprint density at radius 3 is 2.62 bits per heavy atom. The van der Waals surface area contributed by atoms with E-state index in [1.807, 2.05) is 0 Å². The van der Waals surface area contributed by atoms with E-state index in [1.165, 1.54) is 42.5 Å². The molecule has 1 saturated carbocycles. The lowest BCUT2D eigenvalue weighted by molar-refractivity contribution is 0.181. The first-order chi connectivity index (χ1) is 10.1. The Kier molecular flexibility index (Phi) is 4.13. The van der Waals surface area contributed by atoms with Gasteiger partial charge in [-0.1, -0.05) is 19.3 Å². The zero-order valence-electron chi connectivity index (χ0n) is 13.1. The first-order valence-electron chi connectivity index (χ1n) is 7.78. The summed E-state index contributed by atoms with van der Waals surface area (Å²) < 4.78 is 0. The predicted molar refractivity (Wildman–Crippen MR) is 89.6 cm³/mol. The number of nitrogens with zero attached hydrogens (tertiary/aromatic N) is 3. The van der Waals surface area contributed by atoms with Crippen LogP contribution in [-0.4, -0.2) is 28.0 Å². The lowest BCUT2D eigenvalue weighted by Gasteiger charge is -2.30. The van der Waals surface area contributed by atoms with Gasteiger partial charge in [0.15, 0.2) is 0 Å². The lowest BCUT2D eigenvalue weighted by atomic mass is 9.94. The van der Waals surface area contributed by atoms with Crippen LogP contribution in [0.3, 0.4) is 0 Å². The highest BCUT2D eigenvalue weighted by atomic mass is 32.1. The number of hydrogen-bond donors (Lipinski definition) is 1. The van der Waals surface area contributed by atoms with Gasteiger partial charge >= 0.3 is 0 Å². The van der Waals surface area contributed by atoms with Gasteiger partial charge in [0.2, 0.25) is 0 Å². The monoisotopic (exact) mass is 304 g/mol. The molecule has 0 spiro atoms. The zero-order valence-corrected chi connectivity index (χ0v) is 14.0. The third-order valence-electron chi connectivity index (χ3n) is 4.69. The van der Waals surface area contributed by atoms with Crippen molar-refractivity contribution in [3.8, 4) is 0 Å². The minimum Gasteiger partial charge on any atom is -0.383 e. The Bertz CT molecular complexity index is 643. The molecule has 0 atom stereocenters. The molecule has 5 heteroatoms. The van der Waals surface area contributed by atoms with E-state index < -0.39 is 0 Å². The molecule has 21 heavy (non-hydrogen) atoms. The fraction of sp³-hybridized carbons (Fsp3) is 0.625. The summed E-state index contributed by atoms with van der Waals surface area (Å²) in [5.41, 5.74) is 7.38. The van der Waals surface area contributed by atoms with Crippen molar-refractivity contribution in [1.29, 1.82) is 0 Å². The minimum atomic E-state index is 0.633. The molecule has 3 rings (SSSR count). The number of nitrogens with two attached hydrogens (primary N) is 1. The molecule has 2 N–H and O–H groups in total. The first-order valence-corrected chi connectivity index (χ1v) is 8.60. The van der Waals surface area contributed by atoms with Crippen molar-refractivity contribution >= 4 is 27.4 Å². The molecule has 114 valence electrons. The third kappa shape index (κ3) is 2.90. The first kappa shape index (κ1) is 14.7. The second kappa shape index (κ2) is 5.89. The molecule has 0 unspecified atom stereocenters. The van der Waals surface area contributed by atoms with Crippen LogP contribution in [-0.2, 0) is 6.54 Å². The molecular formula is C16H24N4S. The fourth-order valence-electron chi connectivity index (χ4n) is 3.27. The van der Waals surface area contributed by atoms with Crippen molar-refractivity contribution in [2.45, 2.75) is 58.5 Å². The molecule has 1 aliphatic carbocycles. The van der Waals surface area contributed by atoms with Crippen LogP contribution in [0.5, 0.6) is 0 Å². The van der Waals surface area contributed by atoms with Crippen LogP contribution in [0.15, 0.2) is 0 Å². The Hall–Kier alpha value is -1.20. The smallest absolute Gasteiger partial charge is 0.146 e. The maximum absolute atomic E-state index is 6.16. The van der Waals surface area contributed by atoms with Crippen molar-refractivity contribution < 1.29 is 0 Å². The number of nitrogen functional groups attached to an aromatic ring is 1. The molecule has 1 aliphatic rings. The van der Waals surface area contributed by atoms with E-state index >= 15 is 0 Å². The van der Waals surface area contributed by atoms with Crippen LogP contribution < -0.4 is 5.73 Å². The second-order valence-electron chi connectivity index (χ2n) is 6.20. The van der Waals surface area contributed by atoms with Crippen LogP contribution in [0.2, 0.25) is 0 Å². The average Bonchev–Trinajstić information content (AvgIpc) is 2.75. The molecule has 0 bridgehead atoms. The van der Waals surface area contributed by atoms with Gasteiger partial charge in [0.05, 0.1) is 11.9 Å². The van der Waals surface area contributed by atoms with Gasteiger partial charge in [-0.05, 0) is 39.3 Å². The van der Waals surface area contributed by atoms with Crippen LogP contribution in [0, 0.1) is 13.8 Å². The molecule has 2 aromatic heterocycles. The lowest BCUT2D eigenvalue weighted by Crippen LogP contribution is -2.33. The van der Waals surface area contributed by atoms with E-state index in [9.17, 15) is 0 Å². The van der Waals surface area contributed by atoms with Gasteiger partial charge in [0.1, 0.15) is 16.5 Å². The molecule has 0 saturated heterocycles. The summed E-state index contributed by atoms with van der Waals surface area (Å²) in [7, 11) is 2.19. The number of aromatic nitrogens is 2. The summed E-state index contributed by atoms with van der Waals surface area (Å²) in [6, 6.07) is 0.672.